The number of pyridine rings is 1. The zero-order chi connectivity index (χ0) is 24.4. The van der Waals surface area contributed by atoms with Crippen molar-refractivity contribution >= 4 is 23.2 Å². The van der Waals surface area contributed by atoms with E-state index in [1.165, 1.54) is 12.1 Å². The molecule has 1 aromatic heterocycles. The molecule has 2 amide bonds. The molecule has 0 aliphatic carbocycles. The van der Waals surface area contributed by atoms with Crippen molar-refractivity contribution in [1.29, 1.82) is 0 Å². The molecule has 0 bridgehead atoms. The molecule has 0 radical (unpaired) electrons. The van der Waals surface area contributed by atoms with Crippen LogP contribution in [0.4, 0.5) is 15.8 Å². The number of nitrogens with zero attached hydrogens (tertiary/aromatic N) is 3. The number of nitrogens with one attached hydrogen (secondary N) is 1. The summed E-state index contributed by atoms with van der Waals surface area (Å²) >= 11 is 0. The predicted molar refractivity (Wildman–Crippen MR) is 131 cm³/mol. The normalized spacial score (nSPS) is 19.9. The zero-order valence-electron chi connectivity index (χ0n) is 19.5. The highest BCUT2D eigenvalue weighted by Crippen LogP contribution is 2.33. The van der Waals surface area contributed by atoms with Crippen LogP contribution in [-0.4, -0.2) is 53.5 Å². The number of halogens is 1. The Hall–Kier alpha value is -3.78. The molecule has 2 aliphatic rings. The van der Waals surface area contributed by atoms with Crippen LogP contribution < -0.4 is 10.2 Å². The fraction of sp³-hybridized carbons (Fsp3) is 0.296. The molecule has 0 saturated carbocycles. The van der Waals surface area contributed by atoms with Crippen molar-refractivity contribution in [2.24, 2.45) is 0 Å². The summed E-state index contributed by atoms with van der Waals surface area (Å²) in [6.45, 7) is 3.81. The standard InChI is InChI=1S/C27H27FN4O3/c1-19-4-5-21(13-24(19)30-15-20-3-2-11-29-14-20)26(34)31-12-10-27(17-31)18-32(25(33)16-35-27)23-8-6-22(28)7-9-23/h2-9,11,13-14,30H,10,12,15-18H2,1H3/t27-/m0/s1. The van der Waals surface area contributed by atoms with Crippen molar-refractivity contribution in [3.8, 4) is 0 Å². The maximum atomic E-state index is 13.4. The van der Waals surface area contributed by atoms with Crippen molar-refractivity contribution in [2.45, 2.75) is 25.5 Å². The number of benzene rings is 2. The van der Waals surface area contributed by atoms with E-state index in [0.717, 1.165) is 16.8 Å². The molecule has 3 aromatic rings. The van der Waals surface area contributed by atoms with Crippen LogP contribution in [0.25, 0.3) is 0 Å². The van der Waals surface area contributed by atoms with Crippen LogP contribution >= 0.6 is 0 Å². The first kappa shape index (κ1) is 23.0. The van der Waals surface area contributed by atoms with Crippen LogP contribution in [0.1, 0.15) is 27.9 Å². The van der Waals surface area contributed by atoms with Gasteiger partial charge in [0, 0.05) is 42.4 Å². The van der Waals surface area contributed by atoms with Gasteiger partial charge in [-0.3, -0.25) is 14.6 Å². The van der Waals surface area contributed by atoms with Gasteiger partial charge in [-0.1, -0.05) is 12.1 Å². The van der Waals surface area contributed by atoms with Crippen molar-refractivity contribution in [3.05, 3.63) is 89.5 Å². The van der Waals surface area contributed by atoms with E-state index < -0.39 is 5.60 Å². The van der Waals surface area contributed by atoms with E-state index in [1.807, 2.05) is 43.5 Å². The Morgan fingerprint density at radius 2 is 2.00 bits per heavy atom. The third kappa shape index (κ3) is 4.88. The highest BCUT2D eigenvalue weighted by molar-refractivity contribution is 5.97. The van der Waals surface area contributed by atoms with Gasteiger partial charge < -0.3 is 19.9 Å². The fourth-order valence-electron chi connectivity index (χ4n) is 4.66. The van der Waals surface area contributed by atoms with E-state index in [4.69, 9.17) is 4.74 Å². The summed E-state index contributed by atoms with van der Waals surface area (Å²) in [6.07, 6.45) is 4.18. The molecule has 1 spiro atoms. The predicted octanol–water partition coefficient (Wildman–Crippen LogP) is 3.79. The van der Waals surface area contributed by atoms with Gasteiger partial charge >= 0.3 is 0 Å². The summed E-state index contributed by atoms with van der Waals surface area (Å²) in [4.78, 5) is 33.4. The number of hydrogen-bond donors (Lipinski definition) is 1. The van der Waals surface area contributed by atoms with Gasteiger partial charge in [-0.05, 0) is 66.9 Å². The van der Waals surface area contributed by atoms with Crippen LogP contribution in [0, 0.1) is 12.7 Å². The van der Waals surface area contributed by atoms with Crippen LogP contribution in [0.3, 0.4) is 0 Å². The Bertz CT molecular complexity index is 1230. The maximum absolute atomic E-state index is 13.4. The second-order valence-electron chi connectivity index (χ2n) is 9.15. The molecule has 8 heteroatoms. The number of carbonyl (C=O) groups is 2. The van der Waals surface area contributed by atoms with Gasteiger partial charge in [0.2, 0.25) is 0 Å². The highest BCUT2D eigenvalue weighted by Gasteiger charge is 2.46. The highest BCUT2D eigenvalue weighted by atomic mass is 19.1. The number of hydrogen-bond acceptors (Lipinski definition) is 5. The molecule has 2 aromatic carbocycles. The lowest BCUT2D eigenvalue weighted by molar-refractivity contribution is -0.137. The minimum Gasteiger partial charge on any atom is -0.381 e. The molecule has 2 aliphatic heterocycles. The molecule has 2 saturated heterocycles. The number of aromatic nitrogens is 1. The molecular weight excluding hydrogens is 447 g/mol. The van der Waals surface area contributed by atoms with Crippen molar-refractivity contribution in [1.82, 2.24) is 9.88 Å². The Labute approximate surface area is 203 Å². The third-order valence-corrected chi connectivity index (χ3v) is 6.68. The summed E-state index contributed by atoms with van der Waals surface area (Å²) in [5.74, 6) is -0.593. The quantitative estimate of drug-likeness (QED) is 0.609. The Morgan fingerprint density at radius 1 is 1.17 bits per heavy atom. The maximum Gasteiger partial charge on any atom is 0.254 e. The number of anilines is 2. The van der Waals surface area contributed by atoms with Gasteiger partial charge in [0.15, 0.2) is 0 Å². The van der Waals surface area contributed by atoms with E-state index in [9.17, 15) is 14.0 Å². The summed E-state index contributed by atoms with van der Waals surface area (Å²) in [5, 5.41) is 3.40. The topological polar surface area (TPSA) is 74.8 Å². The molecule has 1 N–H and O–H groups in total. The summed E-state index contributed by atoms with van der Waals surface area (Å²) in [5.41, 5.74) is 3.60. The van der Waals surface area contributed by atoms with Crippen LogP contribution in [-0.2, 0) is 16.1 Å². The summed E-state index contributed by atoms with van der Waals surface area (Å²) in [7, 11) is 0. The molecule has 0 unspecified atom stereocenters. The van der Waals surface area contributed by atoms with E-state index in [-0.39, 0.29) is 24.2 Å². The number of aryl methyl sites for hydroxylation is 1. The van der Waals surface area contributed by atoms with Crippen LogP contribution in [0.5, 0.6) is 0 Å². The molecule has 5 rings (SSSR count). The molecule has 1 atom stereocenters. The number of ether oxygens (including phenoxy) is 1. The van der Waals surface area contributed by atoms with Gasteiger partial charge in [-0.15, -0.1) is 0 Å². The summed E-state index contributed by atoms with van der Waals surface area (Å²) < 4.78 is 19.3. The van der Waals surface area contributed by atoms with Crippen LogP contribution in [0.15, 0.2) is 67.0 Å². The second-order valence-corrected chi connectivity index (χ2v) is 9.15. The first-order valence-corrected chi connectivity index (χ1v) is 11.7. The fourth-order valence-corrected chi connectivity index (χ4v) is 4.66. The Balaban J connectivity index is 1.28. The average molecular weight is 475 g/mol. The van der Waals surface area contributed by atoms with Crippen LogP contribution in [0.2, 0.25) is 0 Å². The number of carbonyl (C=O) groups excluding carboxylic acids is 2. The van der Waals surface area contributed by atoms with E-state index in [1.54, 1.807) is 28.1 Å². The van der Waals surface area contributed by atoms with Gasteiger partial charge in [0.25, 0.3) is 11.8 Å². The monoisotopic (exact) mass is 474 g/mol. The number of morpholine rings is 1. The van der Waals surface area contributed by atoms with E-state index >= 15 is 0 Å². The minimum absolute atomic E-state index is 0.0631. The first-order valence-electron chi connectivity index (χ1n) is 11.7. The van der Waals surface area contributed by atoms with Crippen molar-refractivity contribution in [3.63, 3.8) is 0 Å². The molecule has 7 nitrogen and oxygen atoms in total. The van der Waals surface area contributed by atoms with Gasteiger partial charge in [-0.2, -0.15) is 0 Å². The molecule has 35 heavy (non-hydrogen) atoms. The smallest absolute Gasteiger partial charge is 0.254 e. The minimum atomic E-state index is -0.635. The third-order valence-electron chi connectivity index (χ3n) is 6.68. The first-order chi connectivity index (χ1) is 16.9. The zero-order valence-corrected chi connectivity index (χ0v) is 19.5. The lowest BCUT2D eigenvalue weighted by atomic mass is 10.00. The molecule has 3 heterocycles. The molecule has 2 fully saturated rings. The van der Waals surface area contributed by atoms with Gasteiger partial charge in [0.1, 0.15) is 18.0 Å². The van der Waals surface area contributed by atoms with Gasteiger partial charge in [-0.25, -0.2) is 4.39 Å². The number of rotatable bonds is 5. The molecule has 180 valence electrons. The van der Waals surface area contributed by atoms with Crippen molar-refractivity contribution in [2.75, 3.05) is 36.5 Å². The largest absolute Gasteiger partial charge is 0.381 e. The van der Waals surface area contributed by atoms with E-state index in [2.05, 4.69) is 10.3 Å². The van der Waals surface area contributed by atoms with E-state index in [0.29, 0.717) is 43.9 Å². The van der Waals surface area contributed by atoms with Gasteiger partial charge in [0.05, 0.1) is 13.1 Å². The lowest BCUT2D eigenvalue weighted by Crippen LogP contribution is -2.56. The van der Waals surface area contributed by atoms with Crippen molar-refractivity contribution < 1.29 is 18.7 Å². The second kappa shape index (κ2) is 9.46. The Kier molecular flexibility index (Phi) is 6.21. The average Bonchev–Trinajstić information content (AvgIpc) is 3.29. The lowest BCUT2D eigenvalue weighted by Gasteiger charge is -2.40. The summed E-state index contributed by atoms with van der Waals surface area (Å²) in [6, 6.07) is 15.4. The Morgan fingerprint density at radius 3 is 2.77 bits per heavy atom. The number of likely N-dealkylation sites (tertiary alicyclic amines) is 1. The number of amides is 2. The SMILES string of the molecule is Cc1ccc(C(=O)N2CC[C@]3(C2)CN(c2ccc(F)cc2)C(=O)CO3)cc1NCc1cccnc1. The molecular formula is C27H27FN4O3.